The average molecular weight is 469 g/mol. The van der Waals surface area contributed by atoms with Gasteiger partial charge in [-0.1, -0.05) is 27.5 Å². The van der Waals surface area contributed by atoms with Gasteiger partial charge in [-0.2, -0.15) is 0 Å². The maximum absolute atomic E-state index is 12.9. The van der Waals surface area contributed by atoms with Gasteiger partial charge in [0, 0.05) is 16.9 Å². The summed E-state index contributed by atoms with van der Waals surface area (Å²) in [5.74, 6) is 0.543. The van der Waals surface area contributed by atoms with E-state index in [1.807, 2.05) is 0 Å². The van der Waals surface area contributed by atoms with Crippen LogP contribution in [0.2, 0.25) is 5.02 Å². The summed E-state index contributed by atoms with van der Waals surface area (Å²) in [6.07, 6.45) is 3.02. The van der Waals surface area contributed by atoms with Crippen LogP contribution in [0.5, 0.6) is 11.6 Å². The molecule has 3 rings (SSSR count). The molecule has 3 aromatic rings. The van der Waals surface area contributed by atoms with Gasteiger partial charge in [0.05, 0.1) is 15.6 Å². The van der Waals surface area contributed by atoms with Crippen molar-refractivity contribution < 1.29 is 13.2 Å². The van der Waals surface area contributed by atoms with Crippen LogP contribution >= 0.6 is 27.5 Å². The maximum Gasteiger partial charge on any atom is 0.262 e. The van der Waals surface area contributed by atoms with Crippen LogP contribution in [-0.4, -0.2) is 18.4 Å². The lowest BCUT2D eigenvalue weighted by molar-refractivity contribution is 0.459. The molecule has 0 radical (unpaired) electrons. The van der Waals surface area contributed by atoms with Crippen molar-refractivity contribution >= 4 is 43.2 Å². The summed E-state index contributed by atoms with van der Waals surface area (Å²) in [6.45, 7) is 3.49. The van der Waals surface area contributed by atoms with Crippen LogP contribution in [0.4, 0.5) is 5.69 Å². The SMILES string of the molecule is Cc1cc(Br)ccc1S(=O)(=O)Nc1cc(Cl)cnc1Oc1cccnc1C. The molecule has 0 aliphatic heterocycles. The number of sulfonamides is 1. The van der Waals surface area contributed by atoms with Gasteiger partial charge in [-0.15, -0.1) is 0 Å². The highest BCUT2D eigenvalue weighted by Crippen LogP contribution is 2.32. The molecule has 9 heteroatoms. The smallest absolute Gasteiger partial charge is 0.262 e. The number of halogens is 2. The molecular formula is C18H15BrClN3O3S. The van der Waals surface area contributed by atoms with E-state index in [2.05, 4.69) is 30.6 Å². The van der Waals surface area contributed by atoms with Crippen LogP contribution in [0.1, 0.15) is 11.3 Å². The Kier molecular flexibility index (Phi) is 5.69. The van der Waals surface area contributed by atoms with Crippen LogP contribution in [-0.2, 0) is 10.0 Å². The van der Waals surface area contributed by atoms with Gasteiger partial charge in [-0.3, -0.25) is 9.71 Å². The van der Waals surface area contributed by atoms with Gasteiger partial charge in [-0.05, 0) is 55.8 Å². The van der Waals surface area contributed by atoms with Gasteiger partial charge < -0.3 is 4.74 Å². The summed E-state index contributed by atoms with van der Waals surface area (Å²) >= 11 is 9.33. The fourth-order valence-electron chi connectivity index (χ4n) is 2.38. The van der Waals surface area contributed by atoms with E-state index in [0.29, 0.717) is 17.0 Å². The second-order valence-electron chi connectivity index (χ2n) is 5.71. The molecule has 2 heterocycles. The van der Waals surface area contributed by atoms with Crippen LogP contribution < -0.4 is 9.46 Å². The molecule has 0 saturated carbocycles. The molecule has 1 aromatic carbocycles. The summed E-state index contributed by atoms with van der Waals surface area (Å²) in [5, 5.41) is 0.274. The van der Waals surface area contributed by atoms with Crippen LogP contribution in [0.25, 0.3) is 0 Å². The molecule has 0 aliphatic rings. The molecule has 2 aromatic heterocycles. The Hall–Kier alpha value is -2.16. The highest BCUT2D eigenvalue weighted by atomic mass is 79.9. The molecule has 0 atom stereocenters. The predicted octanol–water partition coefficient (Wildman–Crippen LogP) is 5.10. The van der Waals surface area contributed by atoms with E-state index in [0.717, 1.165) is 4.47 Å². The molecular weight excluding hydrogens is 454 g/mol. The third kappa shape index (κ3) is 4.58. The highest BCUT2D eigenvalue weighted by molar-refractivity contribution is 9.10. The van der Waals surface area contributed by atoms with Gasteiger partial charge in [0.2, 0.25) is 5.88 Å². The summed E-state index contributed by atoms with van der Waals surface area (Å²) in [7, 11) is -3.87. The molecule has 1 N–H and O–H groups in total. The second kappa shape index (κ2) is 7.84. The van der Waals surface area contributed by atoms with Crippen molar-refractivity contribution in [3.05, 3.63) is 69.5 Å². The third-order valence-electron chi connectivity index (χ3n) is 3.65. The zero-order valence-electron chi connectivity index (χ0n) is 14.4. The number of anilines is 1. The Morgan fingerprint density at radius 1 is 1.15 bits per heavy atom. The number of ether oxygens (including phenoxy) is 1. The fraction of sp³-hybridized carbons (Fsp3) is 0.111. The Bertz CT molecular complexity index is 1110. The van der Waals surface area contributed by atoms with Crippen molar-refractivity contribution in [3.63, 3.8) is 0 Å². The summed E-state index contributed by atoms with van der Waals surface area (Å²) in [6, 6.07) is 9.78. The Labute approximate surface area is 170 Å². The predicted molar refractivity (Wildman–Crippen MR) is 108 cm³/mol. The van der Waals surface area contributed by atoms with E-state index in [9.17, 15) is 8.42 Å². The molecule has 0 aliphatic carbocycles. The molecule has 140 valence electrons. The van der Waals surface area contributed by atoms with E-state index in [1.54, 1.807) is 44.3 Å². The fourth-order valence-corrected chi connectivity index (χ4v) is 4.29. The van der Waals surface area contributed by atoms with Gasteiger partial charge in [0.25, 0.3) is 10.0 Å². The molecule has 0 saturated heterocycles. The molecule has 0 fully saturated rings. The number of rotatable bonds is 5. The minimum absolute atomic E-state index is 0.0776. The molecule has 0 spiro atoms. The van der Waals surface area contributed by atoms with Crippen molar-refractivity contribution in [1.82, 2.24) is 9.97 Å². The summed E-state index contributed by atoms with van der Waals surface area (Å²) in [4.78, 5) is 8.40. The number of pyridine rings is 2. The van der Waals surface area contributed by atoms with Gasteiger partial charge in [0.15, 0.2) is 5.75 Å². The minimum Gasteiger partial charge on any atom is -0.435 e. The Morgan fingerprint density at radius 2 is 1.93 bits per heavy atom. The largest absolute Gasteiger partial charge is 0.435 e. The molecule has 27 heavy (non-hydrogen) atoms. The second-order valence-corrected chi connectivity index (χ2v) is 8.71. The van der Waals surface area contributed by atoms with Crippen LogP contribution in [0.15, 0.2) is 58.2 Å². The van der Waals surface area contributed by atoms with E-state index < -0.39 is 10.0 Å². The molecule has 0 unspecified atom stereocenters. The van der Waals surface area contributed by atoms with Crippen LogP contribution in [0.3, 0.4) is 0 Å². The first-order valence-electron chi connectivity index (χ1n) is 7.80. The number of benzene rings is 1. The standard InChI is InChI=1S/C18H15BrClN3O3S/c1-11-8-13(19)5-6-17(11)27(24,25)23-15-9-14(20)10-22-18(15)26-16-4-3-7-21-12(16)2/h3-10,23H,1-2H3. The monoisotopic (exact) mass is 467 g/mol. The Morgan fingerprint density at radius 3 is 2.63 bits per heavy atom. The van der Waals surface area contributed by atoms with E-state index in [4.69, 9.17) is 16.3 Å². The van der Waals surface area contributed by atoms with Crippen molar-refractivity contribution in [2.45, 2.75) is 18.7 Å². The lowest BCUT2D eigenvalue weighted by atomic mass is 10.2. The molecule has 0 amide bonds. The lowest BCUT2D eigenvalue weighted by Gasteiger charge is -2.14. The van der Waals surface area contributed by atoms with Gasteiger partial charge in [-0.25, -0.2) is 13.4 Å². The zero-order chi connectivity index (χ0) is 19.6. The Balaban J connectivity index is 1.99. The van der Waals surface area contributed by atoms with E-state index in [1.165, 1.54) is 18.3 Å². The first-order chi connectivity index (χ1) is 12.8. The number of hydrogen-bond donors (Lipinski definition) is 1. The van der Waals surface area contributed by atoms with E-state index >= 15 is 0 Å². The average Bonchev–Trinajstić information content (AvgIpc) is 2.58. The quantitative estimate of drug-likeness (QED) is 0.563. The normalized spacial score (nSPS) is 11.3. The molecule has 6 nitrogen and oxygen atoms in total. The highest BCUT2D eigenvalue weighted by Gasteiger charge is 2.20. The maximum atomic E-state index is 12.9. The number of aryl methyl sites for hydroxylation is 2. The molecule has 0 bridgehead atoms. The number of nitrogens with one attached hydrogen (secondary N) is 1. The zero-order valence-corrected chi connectivity index (χ0v) is 17.6. The van der Waals surface area contributed by atoms with Crippen molar-refractivity contribution in [2.75, 3.05) is 4.72 Å². The first-order valence-corrected chi connectivity index (χ1v) is 10.5. The first kappa shape index (κ1) is 19.6. The van der Waals surface area contributed by atoms with Crippen LogP contribution in [0, 0.1) is 13.8 Å². The number of aromatic nitrogens is 2. The lowest BCUT2D eigenvalue weighted by Crippen LogP contribution is -2.15. The number of hydrogen-bond acceptors (Lipinski definition) is 5. The van der Waals surface area contributed by atoms with Crippen molar-refractivity contribution in [1.29, 1.82) is 0 Å². The van der Waals surface area contributed by atoms with E-state index in [-0.39, 0.29) is 21.5 Å². The van der Waals surface area contributed by atoms with Crippen molar-refractivity contribution in [3.8, 4) is 11.6 Å². The summed E-state index contributed by atoms with van der Waals surface area (Å²) in [5.41, 5.74) is 1.37. The van der Waals surface area contributed by atoms with Gasteiger partial charge >= 0.3 is 0 Å². The number of nitrogens with zero attached hydrogens (tertiary/aromatic N) is 2. The topological polar surface area (TPSA) is 81.2 Å². The summed E-state index contributed by atoms with van der Waals surface area (Å²) < 4.78 is 34.8. The third-order valence-corrected chi connectivity index (χ3v) is 5.88. The van der Waals surface area contributed by atoms with Crippen molar-refractivity contribution in [2.24, 2.45) is 0 Å². The minimum atomic E-state index is -3.87. The van der Waals surface area contributed by atoms with Gasteiger partial charge in [0.1, 0.15) is 5.69 Å².